The number of carbonyl (C=O) groups is 1. The van der Waals surface area contributed by atoms with Gasteiger partial charge in [0.05, 0.1) is 0 Å². The molecule has 0 unspecified atom stereocenters. The highest BCUT2D eigenvalue weighted by molar-refractivity contribution is 7.09. The monoisotopic (exact) mass is 275 g/mol. The maximum Gasteiger partial charge on any atom is 0.271 e. The molecule has 0 bridgehead atoms. The molecule has 3 N–H and O–H groups in total. The van der Waals surface area contributed by atoms with Gasteiger partial charge in [0.25, 0.3) is 5.91 Å². The van der Waals surface area contributed by atoms with E-state index < -0.39 is 0 Å². The minimum absolute atomic E-state index is 0.157. The minimum atomic E-state index is -0.157. The number of benzene rings is 1. The van der Waals surface area contributed by atoms with E-state index in [4.69, 9.17) is 5.73 Å². The normalized spacial score (nSPS) is 10.4. The van der Waals surface area contributed by atoms with Crippen LogP contribution in [0.5, 0.6) is 0 Å². The van der Waals surface area contributed by atoms with E-state index in [2.05, 4.69) is 29.4 Å². The number of hydrogen-bond acceptors (Lipinski definition) is 4. The Morgan fingerprint density at radius 2 is 2.00 bits per heavy atom. The number of thiazole rings is 1. The molecule has 0 aliphatic carbocycles. The van der Waals surface area contributed by atoms with Gasteiger partial charge in [-0.1, -0.05) is 31.2 Å². The zero-order chi connectivity index (χ0) is 13.7. The van der Waals surface area contributed by atoms with Crippen molar-refractivity contribution in [1.82, 2.24) is 10.3 Å². The Balaban J connectivity index is 1.92. The summed E-state index contributed by atoms with van der Waals surface area (Å²) in [6.07, 6.45) is 1.02. The molecule has 2 aromatic rings. The summed E-state index contributed by atoms with van der Waals surface area (Å²) < 4.78 is 0. The van der Waals surface area contributed by atoms with Gasteiger partial charge in [0.2, 0.25) is 0 Å². The van der Waals surface area contributed by atoms with Crippen molar-refractivity contribution in [3.05, 3.63) is 51.5 Å². The Bertz CT molecular complexity index is 548. The van der Waals surface area contributed by atoms with Gasteiger partial charge in [-0.05, 0) is 17.5 Å². The highest BCUT2D eigenvalue weighted by Gasteiger charge is 2.09. The van der Waals surface area contributed by atoms with E-state index in [-0.39, 0.29) is 5.91 Å². The van der Waals surface area contributed by atoms with E-state index in [9.17, 15) is 4.79 Å². The lowest BCUT2D eigenvalue weighted by Crippen LogP contribution is -2.23. The second-order valence-electron chi connectivity index (χ2n) is 4.18. The predicted molar refractivity (Wildman–Crippen MR) is 77.0 cm³/mol. The van der Waals surface area contributed by atoms with Crippen LogP contribution in [0.4, 0.5) is 0 Å². The zero-order valence-corrected chi connectivity index (χ0v) is 11.7. The van der Waals surface area contributed by atoms with Gasteiger partial charge in [-0.3, -0.25) is 4.79 Å². The van der Waals surface area contributed by atoms with Gasteiger partial charge in [-0.15, -0.1) is 11.3 Å². The van der Waals surface area contributed by atoms with Crippen molar-refractivity contribution in [1.29, 1.82) is 0 Å². The van der Waals surface area contributed by atoms with Crippen molar-refractivity contribution in [2.24, 2.45) is 5.73 Å². The van der Waals surface area contributed by atoms with E-state index in [1.54, 1.807) is 5.38 Å². The molecule has 0 spiro atoms. The summed E-state index contributed by atoms with van der Waals surface area (Å²) in [5, 5.41) is 5.36. The summed E-state index contributed by atoms with van der Waals surface area (Å²) in [6, 6.07) is 8.23. The first-order valence-electron chi connectivity index (χ1n) is 6.23. The molecule has 1 heterocycles. The highest BCUT2D eigenvalue weighted by atomic mass is 32.1. The van der Waals surface area contributed by atoms with Crippen molar-refractivity contribution in [2.45, 2.75) is 26.4 Å². The molecule has 4 nitrogen and oxygen atoms in total. The number of aromatic nitrogens is 1. The molecule has 0 radical (unpaired) electrons. The fourth-order valence-corrected chi connectivity index (χ4v) is 2.33. The van der Waals surface area contributed by atoms with Crippen LogP contribution in [-0.2, 0) is 19.5 Å². The van der Waals surface area contributed by atoms with Crippen molar-refractivity contribution in [3.8, 4) is 0 Å². The van der Waals surface area contributed by atoms with E-state index >= 15 is 0 Å². The van der Waals surface area contributed by atoms with Crippen LogP contribution in [0.2, 0.25) is 0 Å². The Kier molecular flexibility index (Phi) is 4.65. The van der Waals surface area contributed by atoms with Crippen LogP contribution in [0.15, 0.2) is 29.6 Å². The van der Waals surface area contributed by atoms with Gasteiger partial charge in [-0.2, -0.15) is 0 Å². The average Bonchev–Trinajstić information content (AvgIpc) is 2.94. The Morgan fingerprint density at radius 1 is 1.32 bits per heavy atom. The summed E-state index contributed by atoms with van der Waals surface area (Å²) in [7, 11) is 0. The van der Waals surface area contributed by atoms with Crippen molar-refractivity contribution in [3.63, 3.8) is 0 Å². The summed E-state index contributed by atoms with van der Waals surface area (Å²) in [6.45, 7) is 3.00. The topological polar surface area (TPSA) is 68.0 Å². The Labute approximate surface area is 116 Å². The molecular weight excluding hydrogens is 258 g/mol. The van der Waals surface area contributed by atoms with Crippen LogP contribution < -0.4 is 11.1 Å². The number of aryl methyl sites for hydroxylation is 1. The maximum absolute atomic E-state index is 11.9. The van der Waals surface area contributed by atoms with Crippen LogP contribution in [0.1, 0.15) is 33.5 Å². The number of amides is 1. The van der Waals surface area contributed by atoms with Crippen molar-refractivity contribution < 1.29 is 4.79 Å². The second-order valence-corrected chi connectivity index (χ2v) is 5.13. The maximum atomic E-state index is 11.9. The third kappa shape index (κ3) is 3.62. The quantitative estimate of drug-likeness (QED) is 0.878. The number of carbonyl (C=O) groups excluding carboxylic acids is 1. The third-order valence-electron chi connectivity index (χ3n) is 2.84. The number of nitrogens with two attached hydrogens (primary N) is 1. The van der Waals surface area contributed by atoms with Gasteiger partial charge in [0, 0.05) is 18.5 Å². The molecule has 0 saturated heterocycles. The number of rotatable bonds is 5. The molecule has 0 aliphatic rings. The first-order chi connectivity index (χ1) is 9.22. The fourth-order valence-electron chi connectivity index (χ4n) is 1.67. The number of nitrogens with one attached hydrogen (secondary N) is 1. The molecular formula is C14H17N3OS. The fraction of sp³-hybridized carbons (Fsp3) is 0.286. The smallest absolute Gasteiger partial charge is 0.271 e. The zero-order valence-electron chi connectivity index (χ0n) is 10.8. The van der Waals surface area contributed by atoms with E-state index in [0.717, 1.165) is 17.0 Å². The highest BCUT2D eigenvalue weighted by Crippen LogP contribution is 2.09. The summed E-state index contributed by atoms with van der Waals surface area (Å²) in [4.78, 5) is 16.0. The largest absolute Gasteiger partial charge is 0.347 e. The molecule has 1 aromatic heterocycles. The summed E-state index contributed by atoms with van der Waals surface area (Å²) in [5.74, 6) is -0.157. The standard InChI is InChI=1S/C14H17N3OS/c1-2-10-3-5-11(6-4-10)8-16-14(18)12-9-19-13(7-15)17-12/h3-6,9H,2,7-8,15H2,1H3,(H,16,18). The lowest BCUT2D eigenvalue weighted by atomic mass is 10.1. The van der Waals surface area contributed by atoms with E-state index in [0.29, 0.717) is 18.8 Å². The van der Waals surface area contributed by atoms with Crippen LogP contribution in [0.3, 0.4) is 0 Å². The molecule has 5 heteroatoms. The minimum Gasteiger partial charge on any atom is -0.347 e. The number of hydrogen-bond donors (Lipinski definition) is 2. The van der Waals surface area contributed by atoms with Crippen LogP contribution in [0, 0.1) is 0 Å². The molecule has 1 aromatic carbocycles. The van der Waals surface area contributed by atoms with Crippen molar-refractivity contribution in [2.75, 3.05) is 0 Å². The molecule has 100 valence electrons. The van der Waals surface area contributed by atoms with Gasteiger partial charge < -0.3 is 11.1 Å². The first-order valence-corrected chi connectivity index (χ1v) is 7.11. The average molecular weight is 275 g/mol. The van der Waals surface area contributed by atoms with E-state index in [1.807, 2.05) is 12.1 Å². The lowest BCUT2D eigenvalue weighted by Gasteiger charge is -2.04. The molecule has 1 amide bonds. The molecule has 19 heavy (non-hydrogen) atoms. The summed E-state index contributed by atoms with van der Waals surface area (Å²) in [5.41, 5.74) is 8.29. The molecule has 0 atom stereocenters. The molecule has 0 saturated carbocycles. The second kappa shape index (κ2) is 6.45. The summed E-state index contributed by atoms with van der Waals surface area (Å²) >= 11 is 1.41. The van der Waals surface area contributed by atoms with Crippen LogP contribution in [-0.4, -0.2) is 10.9 Å². The first kappa shape index (κ1) is 13.7. The van der Waals surface area contributed by atoms with Gasteiger partial charge in [0.15, 0.2) is 0 Å². The van der Waals surface area contributed by atoms with Crippen LogP contribution in [0.25, 0.3) is 0 Å². The molecule has 0 fully saturated rings. The van der Waals surface area contributed by atoms with Crippen LogP contribution >= 0.6 is 11.3 Å². The Hall–Kier alpha value is -1.72. The molecule has 0 aliphatic heterocycles. The van der Waals surface area contributed by atoms with Crippen molar-refractivity contribution >= 4 is 17.2 Å². The molecule has 2 rings (SSSR count). The lowest BCUT2D eigenvalue weighted by molar-refractivity contribution is 0.0946. The third-order valence-corrected chi connectivity index (χ3v) is 3.71. The Morgan fingerprint density at radius 3 is 2.58 bits per heavy atom. The van der Waals surface area contributed by atoms with E-state index in [1.165, 1.54) is 16.9 Å². The van der Waals surface area contributed by atoms with Gasteiger partial charge in [0.1, 0.15) is 10.7 Å². The SMILES string of the molecule is CCc1ccc(CNC(=O)c2csc(CN)n2)cc1. The predicted octanol–water partition coefficient (Wildman–Crippen LogP) is 2.09. The van der Waals surface area contributed by atoms with Gasteiger partial charge >= 0.3 is 0 Å². The number of nitrogens with zero attached hydrogens (tertiary/aromatic N) is 1. The van der Waals surface area contributed by atoms with Gasteiger partial charge in [-0.25, -0.2) is 4.98 Å².